The molecule has 0 radical (unpaired) electrons. The topological polar surface area (TPSA) is 84.2 Å². The summed E-state index contributed by atoms with van der Waals surface area (Å²) in [5, 5.41) is 0.320. The minimum absolute atomic E-state index is 0.0311. The predicted molar refractivity (Wildman–Crippen MR) is 97.7 cm³/mol. The monoisotopic (exact) mass is 370 g/mol. The summed E-state index contributed by atoms with van der Waals surface area (Å²) < 4.78 is 26.5. The lowest BCUT2D eigenvalue weighted by Crippen LogP contribution is -2.24. The van der Waals surface area contributed by atoms with E-state index in [0.717, 1.165) is 0 Å². The van der Waals surface area contributed by atoms with Gasteiger partial charge in [0, 0.05) is 6.07 Å². The van der Waals surface area contributed by atoms with Gasteiger partial charge in [0.2, 0.25) is 11.2 Å². The van der Waals surface area contributed by atoms with Crippen LogP contribution in [0.5, 0.6) is 23.0 Å². The number of esters is 1. The highest BCUT2D eigenvalue weighted by molar-refractivity contribution is 5.79. The van der Waals surface area contributed by atoms with Crippen molar-refractivity contribution in [1.82, 2.24) is 0 Å². The second-order valence-electron chi connectivity index (χ2n) is 5.62. The van der Waals surface area contributed by atoms with Gasteiger partial charge in [0.25, 0.3) is 0 Å². The van der Waals surface area contributed by atoms with Crippen LogP contribution in [0.2, 0.25) is 0 Å². The third-order valence-corrected chi connectivity index (χ3v) is 3.85. The molecule has 0 N–H and O–H groups in total. The van der Waals surface area contributed by atoms with E-state index >= 15 is 0 Å². The number of carbonyl (C=O) groups excluding carboxylic acids is 1. The molecule has 0 saturated heterocycles. The minimum Gasteiger partial charge on any atom is -0.493 e. The lowest BCUT2D eigenvalue weighted by atomic mass is 10.2. The maximum atomic E-state index is 12.7. The van der Waals surface area contributed by atoms with E-state index in [0.29, 0.717) is 28.2 Å². The molecule has 0 spiro atoms. The van der Waals surface area contributed by atoms with Gasteiger partial charge in [-0.05, 0) is 31.2 Å². The fourth-order valence-corrected chi connectivity index (χ4v) is 2.47. The number of para-hydroxylation sites is 2. The maximum absolute atomic E-state index is 12.7. The molecule has 1 aromatic heterocycles. The largest absolute Gasteiger partial charge is 0.493 e. The molecule has 3 rings (SSSR count). The third-order valence-electron chi connectivity index (χ3n) is 3.85. The molecule has 0 amide bonds. The number of hydrogen-bond acceptors (Lipinski definition) is 7. The van der Waals surface area contributed by atoms with Crippen molar-refractivity contribution in [2.45, 2.75) is 13.0 Å². The molecule has 1 unspecified atom stereocenters. The summed E-state index contributed by atoms with van der Waals surface area (Å²) in [5.74, 6) is 0.804. The Balaban J connectivity index is 1.90. The van der Waals surface area contributed by atoms with E-state index in [1.165, 1.54) is 26.5 Å². The molecule has 2 aromatic carbocycles. The number of carbonyl (C=O) groups is 1. The van der Waals surface area contributed by atoms with Crippen molar-refractivity contribution in [3.05, 3.63) is 59.0 Å². The Bertz CT molecular complexity index is 1020. The van der Waals surface area contributed by atoms with E-state index in [9.17, 15) is 9.59 Å². The van der Waals surface area contributed by atoms with Crippen LogP contribution in [0, 0.1) is 0 Å². The average Bonchev–Trinajstić information content (AvgIpc) is 2.69. The number of methoxy groups -OCH3 is 2. The van der Waals surface area contributed by atoms with Crippen LogP contribution in [0.25, 0.3) is 11.0 Å². The fourth-order valence-electron chi connectivity index (χ4n) is 2.47. The summed E-state index contributed by atoms with van der Waals surface area (Å²) in [7, 11) is 2.80. The second-order valence-corrected chi connectivity index (χ2v) is 5.62. The van der Waals surface area contributed by atoms with E-state index in [-0.39, 0.29) is 11.2 Å². The van der Waals surface area contributed by atoms with Crippen LogP contribution in [0.4, 0.5) is 0 Å². The molecule has 0 saturated carbocycles. The van der Waals surface area contributed by atoms with E-state index in [2.05, 4.69) is 4.74 Å². The smallest absolute Gasteiger partial charge is 0.346 e. The number of hydrogen-bond donors (Lipinski definition) is 0. The zero-order valence-electron chi connectivity index (χ0n) is 15.1. The quantitative estimate of drug-likeness (QED) is 0.614. The molecule has 7 nitrogen and oxygen atoms in total. The fraction of sp³-hybridized carbons (Fsp3) is 0.200. The molecular weight excluding hydrogens is 352 g/mol. The Morgan fingerprint density at radius 1 is 1.04 bits per heavy atom. The Morgan fingerprint density at radius 3 is 2.48 bits per heavy atom. The van der Waals surface area contributed by atoms with Crippen molar-refractivity contribution in [3.8, 4) is 23.0 Å². The first-order valence-corrected chi connectivity index (χ1v) is 8.14. The zero-order chi connectivity index (χ0) is 19.4. The SMILES string of the molecule is COC(=O)C(C)Oc1ccc2c(=O)c(Oc3ccccc3OC)coc2c1. The summed E-state index contributed by atoms with van der Waals surface area (Å²) >= 11 is 0. The maximum Gasteiger partial charge on any atom is 0.346 e. The first kappa shape index (κ1) is 18.3. The van der Waals surface area contributed by atoms with Gasteiger partial charge >= 0.3 is 5.97 Å². The molecule has 0 aliphatic heterocycles. The standard InChI is InChI=1S/C20H18O7/c1-12(20(22)24-3)26-13-8-9-14-17(10-13)25-11-18(19(14)21)27-16-7-5-4-6-15(16)23-2/h4-12H,1-3H3. The Hall–Kier alpha value is -3.48. The first-order chi connectivity index (χ1) is 13.0. The summed E-state index contributed by atoms with van der Waals surface area (Å²) in [5.41, 5.74) is -0.0309. The van der Waals surface area contributed by atoms with Gasteiger partial charge in [0.1, 0.15) is 17.6 Å². The molecular formula is C20H18O7. The normalized spacial score (nSPS) is 11.7. The van der Waals surface area contributed by atoms with E-state index < -0.39 is 12.1 Å². The molecule has 3 aromatic rings. The van der Waals surface area contributed by atoms with Crippen molar-refractivity contribution in [2.24, 2.45) is 0 Å². The van der Waals surface area contributed by atoms with Crippen molar-refractivity contribution >= 4 is 16.9 Å². The summed E-state index contributed by atoms with van der Waals surface area (Å²) in [6.45, 7) is 1.57. The number of rotatable bonds is 6. The minimum atomic E-state index is -0.785. The molecule has 7 heteroatoms. The molecule has 0 bridgehead atoms. The molecule has 27 heavy (non-hydrogen) atoms. The summed E-state index contributed by atoms with van der Waals surface area (Å²) in [6, 6.07) is 11.6. The Labute approximate surface area is 155 Å². The third kappa shape index (κ3) is 3.87. The average molecular weight is 370 g/mol. The number of benzene rings is 2. The Morgan fingerprint density at radius 2 is 1.78 bits per heavy atom. The van der Waals surface area contributed by atoms with Crippen molar-refractivity contribution in [2.75, 3.05) is 14.2 Å². The van der Waals surface area contributed by atoms with Gasteiger partial charge < -0.3 is 23.4 Å². The molecule has 0 fully saturated rings. The second kappa shape index (κ2) is 7.82. The molecule has 140 valence electrons. The molecule has 0 aliphatic rings. The number of fused-ring (bicyclic) bond motifs is 1. The van der Waals surface area contributed by atoms with Gasteiger partial charge in [-0.25, -0.2) is 4.79 Å². The van der Waals surface area contributed by atoms with Crippen molar-refractivity contribution in [1.29, 1.82) is 0 Å². The van der Waals surface area contributed by atoms with E-state index in [1.807, 2.05) is 0 Å². The van der Waals surface area contributed by atoms with Gasteiger partial charge in [-0.15, -0.1) is 0 Å². The van der Waals surface area contributed by atoms with Gasteiger partial charge in [0.05, 0.1) is 19.6 Å². The lowest BCUT2D eigenvalue weighted by Gasteiger charge is -2.13. The van der Waals surface area contributed by atoms with Gasteiger partial charge in [-0.2, -0.15) is 0 Å². The highest BCUT2D eigenvalue weighted by atomic mass is 16.6. The highest BCUT2D eigenvalue weighted by Gasteiger charge is 2.16. The van der Waals surface area contributed by atoms with Crippen LogP contribution < -0.4 is 19.6 Å². The van der Waals surface area contributed by atoms with E-state index in [4.69, 9.17) is 18.6 Å². The molecule has 0 aliphatic carbocycles. The van der Waals surface area contributed by atoms with Crippen LogP contribution in [0.1, 0.15) is 6.92 Å². The van der Waals surface area contributed by atoms with Gasteiger partial charge in [-0.1, -0.05) is 12.1 Å². The van der Waals surface area contributed by atoms with Crippen LogP contribution in [-0.2, 0) is 9.53 Å². The highest BCUT2D eigenvalue weighted by Crippen LogP contribution is 2.30. The van der Waals surface area contributed by atoms with Crippen LogP contribution in [-0.4, -0.2) is 26.3 Å². The zero-order valence-corrected chi connectivity index (χ0v) is 15.1. The molecule has 1 heterocycles. The number of ether oxygens (including phenoxy) is 4. The first-order valence-electron chi connectivity index (χ1n) is 8.14. The Kier molecular flexibility index (Phi) is 5.30. The van der Waals surface area contributed by atoms with Crippen LogP contribution >= 0.6 is 0 Å². The van der Waals surface area contributed by atoms with E-state index in [1.54, 1.807) is 43.3 Å². The van der Waals surface area contributed by atoms with Crippen LogP contribution in [0.3, 0.4) is 0 Å². The molecule has 1 atom stereocenters. The van der Waals surface area contributed by atoms with Crippen molar-refractivity contribution in [3.63, 3.8) is 0 Å². The summed E-state index contributed by atoms with van der Waals surface area (Å²) in [6.07, 6.45) is 0.442. The predicted octanol–water partition coefficient (Wildman–Crippen LogP) is 3.53. The lowest BCUT2D eigenvalue weighted by molar-refractivity contribution is -0.147. The summed E-state index contributed by atoms with van der Waals surface area (Å²) in [4.78, 5) is 24.1. The van der Waals surface area contributed by atoms with Gasteiger partial charge in [0.15, 0.2) is 17.6 Å². The van der Waals surface area contributed by atoms with Crippen LogP contribution in [0.15, 0.2) is 57.9 Å². The van der Waals surface area contributed by atoms with Gasteiger partial charge in [-0.3, -0.25) is 4.79 Å². The van der Waals surface area contributed by atoms with Crippen molar-refractivity contribution < 1.29 is 28.2 Å².